The van der Waals surface area contributed by atoms with E-state index in [0.717, 1.165) is 18.7 Å². The minimum atomic E-state index is -3.69. The van der Waals surface area contributed by atoms with E-state index in [9.17, 15) is 8.42 Å². The number of nitrogens with zero attached hydrogens (tertiary/aromatic N) is 1. The lowest BCUT2D eigenvalue weighted by molar-refractivity contribution is 0.560. The van der Waals surface area contributed by atoms with Crippen molar-refractivity contribution < 1.29 is 8.42 Å². The van der Waals surface area contributed by atoms with Crippen LogP contribution < -0.4 is 15.8 Å². The highest BCUT2D eigenvalue weighted by atomic mass is 32.2. The zero-order valence-electron chi connectivity index (χ0n) is 11.1. The molecule has 0 saturated carbocycles. The molecule has 4 N–H and O–H groups in total. The van der Waals surface area contributed by atoms with E-state index >= 15 is 0 Å². The van der Waals surface area contributed by atoms with Crippen molar-refractivity contribution in [3.63, 3.8) is 0 Å². The van der Waals surface area contributed by atoms with E-state index in [1.54, 1.807) is 6.07 Å². The molecule has 0 aliphatic heterocycles. The molecular weight excluding hydrogens is 250 g/mol. The van der Waals surface area contributed by atoms with E-state index in [1.165, 1.54) is 12.1 Å². The summed E-state index contributed by atoms with van der Waals surface area (Å²) in [5, 5.41) is 5.06. The summed E-state index contributed by atoms with van der Waals surface area (Å²) in [7, 11) is -1.76. The normalized spacial score (nSPS) is 13.3. The first-order valence-electron chi connectivity index (χ1n) is 5.89. The fourth-order valence-electron chi connectivity index (χ4n) is 1.75. The number of nitrogens with two attached hydrogens (primary N) is 2. The Balaban J connectivity index is 2.99. The van der Waals surface area contributed by atoms with E-state index in [0.29, 0.717) is 11.6 Å². The molecule has 0 spiro atoms. The van der Waals surface area contributed by atoms with Gasteiger partial charge in [0.1, 0.15) is 0 Å². The van der Waals surface area contributed by atoms with E-state index in [1.807, 2.05) is 11.9 Å². The molecule has 0 aromatic heterocycles. The standard InChI is InChI=1S/C12H21N3O2S/c1-4-9(2)8-15(3)12-6-5-10(7-11(12)13)18(14,16)17/h5-7,9H,4,8,13H2,1-3H3,(H2,14,16,17). The average molecular weight is 271 g/mol. The molecule has 1 aromatic rings. The van der Waals surface area contributed by atoms with Crippen LogP contribution in [0.3, 0.4) is 0 Å². The van der Waals surface area contributed by atoms with Crippen molar-refractivity contribution in [1.82, 2.24) is 0 Å². The molecular formula is C12H21N3O2S. The number of hydrogen-bond acceptors (Lipinski definition) is 4. The Morgan fingerprint density at radius 3 is 2.44 bits per heavy atom. The fraction of sp³-hybridized carbons (Fsp3) is 0.500. The number of sulfonamides is 1. The maximum Gasteiger partial charge on any atom is 0.238 e. The van der Waals surface area contributed by atoms with Gasteiger partial charge in [-0.1, -0.05) is 20.3 Å². The number of anilines is 2. The summed E-state index contributed by atoms with van der Waals surface area (Å²) in [6.07, 6.45) is 1.08. The first kappa shape index (κ1) is 14.8. The molecule has 5 nitrogen and oxygen atoms in total. The number of nitrogen functional groups attached to an aromatic ring is 1. The van der Waals surface area contributed by atoms with Gasteiger partial charge in [-0.3, -0.25) is 0 Å². The van der Waals surface area contributed by atoms with E-state index in [4.69, 9.17) is 10.9 Å². The highest BCUT2D eigenvalue weighted by Gasteiger charge is 2.13. The van der Waals surface area contributed by atoms with Crippen molar-refractivity contribution in [2.45, 2.75) is 25.2 Å². The number of primary sulfonamides is 1. The van der Waals surface area contributed by atoms with Crippen molar-refractivity contribution in [3.05, 3.63) is 18.2 Å². The second-order valence-electron chi connectivity index (χ2n) is 4.66. The molecule has 18 heavy (non-hydrogen) atoms. The molecule has 0 aliphatic carbocycles. The summed E-state index contributed by atoms with van der Waals surface area (Å²) < 4.78 is 22.4. The summed E-state index contributed by atoms with van der Waals surface area (Å²) in [6.45, 7) is 5.16. The molecule has 102 valence electrons. The predicted octanol–water partition coefficient (Wildman–Crippen LogP) is 1.40. The van der Waals surface area contributed by atoms with Gasteiger partial charge in [0.2, 0.25) is 10.0 Å². The molecule has 0 radical (unpaired) electrons. The van der Waals surface area contributed by atoms with Gasteiger partial charge in [0.15, 0.2) is 0 Å². The summed E-state index contributed by atoms with van der Waals surface area (Å²) in [5.74, 6) is 0.548. The Morgan fingerprint density at radius 1 is 1.39 bits per heavy atom. The Kier molecular flexibility index (Phi) is 4.59. The van der Waals surface area contributed by atoms with Gasteiger partial charge in [-0.25, -0.2) is 13.6 Å². The monoisotopic (exact) mass is 271 g/mol. The first-order chi connectivity index (χ1) is 8.25. The van der Waals surface area contributed by atoms with Crippen LogP contribution in [0.1, 0.15) is 20.3 Å². The summed E-state index contributed by atoms with van der Waals surface area (Å²) in [6, 6.07) is 4.57. The van der Waals surface area contributed by atoms with Gasteiger partial charge in [-0.15, -0.1) is 0 Å². The lowest BCUT2D eigenvalue weighted by Gasteiger charge is -2.24. The van der Waals surface area contributed by atoms with Crippen LogP contribution in [0.4, 0.5) is 11.4 Å². The van der Waals surface area contributed by atoms with Crippen molar-refractivity contribution >= 4 is 21.4 Å². The molecule has 0 amide bonds. The van der Waals surface area contributed by atoms with E-state index < -0.39 is 10.0 Å². The van der Waals surface area contributed by atoms with Gasteiger partial charge >= 0.3 is 0 Å². The average Bonchev–Trinajstić information content (AvgIpc) is 2.27. The van der Waals surface area contributed by atoms with Crippen LogP contribution in [-0.2, 0) is 10.0 Å². The van der Waals surface area contributed by atoms with Gasteiger partial charge in [0, 0.05) is 13.6 Å². The van der Waals surface area contributed by atoms with Crippen LogP contribution in [-0.4, -0.2) is 22.0 Å². The second-order valence-corrected chi connectivity index (χ2v) is 6.22. The third kappa shape index (κ3) is 3.61. The second kappa shape index (κ2) is 5.58. The summed E-state index contributed by atoms with van der Waals surface area (Å²) in [4.78, 5) is 2.07. The van der Waals surface area contributed by atoms with Crippen molar-refractivity contribution in [3.8, 4) is 0 Å². The Labute approximate surface area is 109 Å². The highest BCUT2D eigenvalue weighted by Crippen LogP contribution is 2.25. The third-order valence-corrected chi connectivity index (χ3v) is 3.93. The van der Waals surface area contributed by atoms with Crippen LogP contribution in [0.5, 0.6) is 0 Å². The van der Waals surface area contributed by atoms with Crippen LogP contribution in [0.2, 0.25) is 0 Å². The Morgan fingerprint density at radius 2 is 2.00 bits per heavy atom. The highest BCUT2D eigenvalue weighted by molar-refractivity contribution is 7.89. The maximum atomic E-state index is 11.2. The van der Waals surface area contributed by atoms with Crippen LogP contribution in [0.15, 0.2) is 23.1 Å². The van der Waals surface area contributed by atoms with Gasteiger partial charge in [0.25, 0.3) is 0 Å². The number of hydrogen-bond donors (Lipinski definition) is 2. The van der Waals surface area contributed by atoms with Crippen LogP contribution in [0, 0.1) is 5.92 Å². The maximum absolute atomic E-state index is 11.2. The number of rotatable bonds is 5. The molecule has 0 fully saturated rings. The summed E-state index contributed by atoms with van der Waals surface area (Å²) in [5.41, 5.74) is 7.12. The minimum Gasteiger partial charge on any atom is -0.397 e. The van der Waals surface area contributed by atoms with Crippen molar-refractivity contribution in [1.29, 1.82) is 0 Å². The molecule has 1 unspecified atom stereocenters. The quantitative estimate of drug-likeness (QED) is 0.792. The zero-order valence-corrected chi connectivity index (χ0v) is 11.9. The smallest absolute Gasteiger partial charge is 0.238 e. The van der Waals surface area contributed by atoms with Gasteiger partial charge in [-0.2, -0.15) is 0 Å². The molecule has 6 heteroatoms. The van der Waals surface area contributed by atoms with Crippen LogP contribution in [0.25, 0.3) is 0 Å². The van der Waals surface area contributed by atoms with E-state index in [2.05, 4.69) is 13.8 Å². The van der Waals surface area contributed by atoms with E-state index in [-0.39, 0.29) is 4.90 Å². The third-order valence-electron chi connectivity index (χ3n) is 3.02. The van der Waals surface area contributed by atoms with Crippen molar-refractivity contribution in [2.24, 2.45) is 11.1 Å². The molecule has 1 rings (SSSR count). The van der Waals surface area contributed by atoms with Gasteiger partial charge in [-0.05, 0) is 24.1 Å². The molecule has 1 atom stereocenters. The topological polar surface area (TPSA) is 89.4 Å². The molecule has 0 saturated heterocycles. The first-order valence-corrected chi connectivity index (χ1v) is 7.43. The molecule has 0 heterocycles. The predicted molar refractivity (Wildman–Crippen MR) is 75.0 cm³/mol. The Hall–Kier alpha value is -1.27. The molecule has 0 bridgehead atoms. The Bertz CT molecular complexity index is 514. The minimum absolute atomic E-state index is 0.0423. The lowest BCUT2D eigenvalue weighted by Crippen LogP contribution is -2.24. The number of benzene rings is 1. The van der Waals surface area contributed by atoms with Gasteiger partial charge in [0.05, 0.1) is 16.3 Å². The van der Waals surface area contributed by atoms with Gasteiger partial charge < -0.3 is 10.6 Å². The SMILES string of the molecule is CCC(C)CN(C)c1ccc(S(N)(=O)=O)cc1N. The lowest BCUT2D eigenvalue weighted by atomic mass is 10.1. The van der Waals surface area contributed by atoms with Crippen molar-refractivity contribution in [2.75, 3.05) is 24.2 Å². The zero-order chi connectivity index (χ0) is 13.9. The summed E-state index contributed by atoms with van der Waals surface area (Å²) >= 11 is 0. The molecule has 0 aliphatic rings. The largest absolute Gasteiger partial charge is 0.397 e. The molecule has 1 aromatic carbocycles. The fourth-order valence-corrected chi connectivity index (χ4v) is 2.30. The van der Waals surface area contributed by atoms with Crippen LogP contribution >= 0.6 is 0 Å².